The highest BCUT2D eigenvalue weighted by molar-refractivity contribution is 5.55. The Morgan fingerprint density at radius 1 is 0.952 bits per heavy atom. The van der Waals surface area contributed by atoms with E-state index in [9.17, 15) is 20.2 Å². The second-order valence-electron chi connectivity index (χ2n) is 4.47. The van der Waals surface area contributed by atoms with Gasteiger partial charge in [0.2, 0.25) is 5.75 Å². The highest BCUT2D eigenvalue weighted by atomic mass is 16.6. The van der Waals surface area contributed by atoms with Crippen LogP contribution in [0, 0.1) is 34.1 Å². The average molecular weight is 288 g/mol. The van der Waals surface area contributed by atoms with Gasteiger partial charge in [0, 0.05) is 6.07 Å². The summed E-state index contributed by atoms with van der Waals surface area (Å²) in [5.74, 6) is 0.450. The van der Waals surface area contributed by atoms with Gasteiger partial charge in [-0.25, -0.2) is 0 Å². The molecule has 0 aliphatic carbocycles. The van der Waals surface area contributed by atoms with Gasteiger partial charge in [0.25, 0.3) is 5.69 Å². The molecule has 7 nitrogen and oxygen atoms in total. The monoisotopic (exact) mass is 288 g/mol. The first-order valence-electron chi connectivity index (χ1n) is 6.07. The number of hydrogen-bond donors (Lipinski definition) is 0. The molecule has 0 saturated heterocycles. The topological polar surface area (TPSA) is 95.5 Å². The molecule has 7 heteroatoms. The third kappa shape index (κ3) is 2.97. The molecule has 0 aliphatic heterocycles. The maximum absolute atomic E-state index is 11.0. The van der Waals surface area contributed by atoms with Gasteiger partial charge in [-0.15, -0.1) is 0 Å². The SMILES string of the molecule is Cc1cccc(Oc2ccc([N+](=O)[O-])cc2[N+](=O)[O-])c1C. The van der Waals surface area contributed by atoms with Gasteiger partial charge in [-0.3, -0.25) is 20.2 Å². The van der Waals surface area contributed by atoms with E-state index in [-0.39, 0.29) is 11.4 Å². The van der Waals surface area contributed by atoms with Crippen LogP contribution >= 0.6 is 0 Å². The number of nitro benzene ring substituents is 2. The van der Waals surface area contributed by atoms with E-state index < -0.39 is 15.5 Å². The fourth-order valence-corrected chi connectivity index (χ4v) is 1.80. The van der Waals surface area contributed by atoms with E-state index in [1.807, 2.05) is 19.9 Å². The van der Waals surface area contributed by atoms with Crippen molar-refractivity contribution in [2.75, 3.05) is 0 Å². The molecular formula is C14H12N2O5. The summed E-state index contributed by atoms with van der Waals surface area (Å²) in [7, 11) is 0. The summed E-state index contributed by atoms with van der Waals surface area (Å²) in [5.41, 5.74) is 1.04. The molecule has 0 bridgehead atoms. The summed E-state index contributed by atoms with van der Waals surface area (Å²) in [6.45, 7) is 3.73. The van der Waals surface area contributed by atoms with Crippen molar-refractivity contribution in [1.82, 2.24) is 0 Å². The maximum Gasteiger partial charge on any atom is 0.318 e. The average Bonchev–Trinajstić information content (AvgIpc) is 2.43. The lowest BCUT2D eigenvalue weighted by molar-refractivity contribution is -0.394. The van der Waals surface area contributed by atoms with Gasteiger partial charge in [0.15, 0.2) is 0 Å². The van der Waals surface area contributed by atoms with Crippen LogP contribution in [0.2, 0.25) is 0 Å². The molecule has 108 valence electrons. The van der Waals surface area contributed by atoms with E-state index >= 15 is 0 Å². The van der Waals surface area contributed by atoms with E-state index in [0.717, 1.165) is 17.2 Å². The van der Waals surface area contributed by atoms with E-state index in [1.54, 1.807) is 12.1 Å². The molecule has 0 N–H and O–H groups in total. The van der Waals surface area contributed by atoms with Crippen LogP contribution in [0.15, 0.2) is 36.4 Å². The number of aryl methyl sites for hydroxylation is 1. The predicted molar refractivity (Wildman–Crippen MR) is 75.7 cm³/mol. The summed E-state index contributed by atoms with van der Waals surface area (Å²) in [4.78, 5) is 20.3. The fraction of sp³-hybridized carbons (Fsp3) is 0.143. The fourth-order valence-electron chi connectivity index (χ4n) is 1.80. The van der Waals surface area contributed by atoms with E-state index in [2.05, 4.69) is 0 Å². The van der Waals surface area contributed by atoms with Gasteiger partial charge in [0.1, 0.15) is 5.75 Å². The first-order valence-corrected chi connectivity index (χ1v) is 6.07. The molecule has 0 saturated carbocycles. The number of ether oxygens (including phenoxy) is 1. The molecule has 0 spiro atoms. The van der Waals surface area contributed by atoms with Crippen molar-refractivity contribution in [3.63, 3.8) is 0 Å². The van der Waals surface area contributed by atoms with Crippen LogP contribution in [0.4, 0.5) is 11.4 Å². The minimum Gasteiger partial charge on any atom is -0.450 e. The Balaban J connectivity index is 2.46. The molecule has 0 unspecified atom stereocenters. The largest absolute Gasteiger partial charge is 0.450 e. The van der Waals surface area contributed by atoms with Gasteiger partial charge >= 0.3 is 5.69 Å². The summed E-state index contributed by atoms with van der Waals surface area (Å²) in [5, 5.41) is 21.7. The van der Waals surface area contributed by atoms with Crippen molar-refractivity contribution in [2.45, 2.75) is 13.8 Å². The van der Waals surface area contributed by atoms with Crippen LogP contribution in [-0.2, 0) is 0 Å². The first kappa shape index (κ1) is 14.4. The van der Waals surface area contributed by atoms with Gasteiger partial charge in [-0.1, -0.05) is 12.1 Å². The zero-order valence-electron chi connectivity index (χ0n) is 11.4. The van der Waals surface area contributed by atoms with Crippen molar-refractivity contribution in [1.29, 1.82) is 0 Å². The van der Waals surface area contributed by atoms with Crippen LogP contribution in [0.5, 0.6) is 11.5 Å². The van der Waals surface area contributed by atoms with Crippen LogP contribution in [0.3, 0.4) is 0 Å². The molecule has 0 atom stereocenters. The van der Waals surface area contributed by atoms with Crippen molar-refractivity contribution < 1.29 is 14.6 Å². The molecule has 0 radical (unpaired) electrons. The first-order chi connectivity index (χ1) is 9.90. The minimum atomic E-state index is -0.701. The smallest absolute Gasteiger partial charge is 0.318 e. The number of nitro groups is 2. The second-order valence-corrected chi connectivity index (χ2v) is 4.47. The standard InChI is InChI=1S/C14H12N2O5/c1-9-4-3-5-13(10(9)2)21-14-7-6-11(15(17)18)8-12(14)16(19)20/h3-8H,1-2H3. The van der Waals surface area contributed by atoms with Crippen LogP contribution in [0.25, 0.3) is 0 Å². The van der Waals surface area contributed by atoms with Gasteiger partial charge in [-0.2, -0.15) is 0 Å². The molecule has 2 aromatic carbocycles. The predicted octanol–water partition coefficient (Wildman–Crippen LogP) is 3.91. The van der Waals surface area contributed by atoms with Crippen molar-refractivity contribution in [3.05, 3.63) is 67.8 Å². The zero-order chi connectivity index (χ0) is 15.6. The Morgan fingerprint density at radius 3 is 2.29 bits per heavy atom. The number of nitrogens with zero attached hydrogens (tertiary/aromatic N) is 2. The summed E-state index contributed by atoms with van der Waals surface area (Å²) in [6, 6.07) is 8.65. The lowest BCUT2D eigenvalue weighted by Crippen LogP contribution is -1.97. The van der Waals surface area contributed by atoms with Gasteiger partial charge in [0.05, 0.1) is 15.9 Å². The maximum atomic E-state index is 11.0. The molecule has 0 aliphatic rings. The van der Waals surface area contributed by atoms with E-state index in [1.165, 1.54) is 12.1 Å². The molecule has 0 heterocycles. The van der Waals surface area contributed by atoms with Crippen molar-refractivity contribution >= 4 is 11.4 Å². The molecule has 2 aromatic rings. The van der Waals surface area contributed by atoms with Crippen LogP contribution < -0.4 is 4.74 Å². The number of hydrogen-bond acceptors (Lipinski definition) is 5. The van der Waals surface area contributed by atoms with Crippen LogP contribution in [-0.4, -0.2) is 9.85 Å². The third-order valence-corrected chi connectivity index (χ3v) is 3.12. The minimum absolute atomic E-state index is 0.0284. The number of rotatable bonds is 4. The van der Waals surface area contributed by atoms with Crippen LogP contribution in [0.1, 0.15) is 11.1 Å². The summed E-state index contributed by atoms with van der Waals surface area (Å²) in [6.07, 6.45) is 0. The number of non-ortho nitro benzene ring substituents is 1. The van der Waals surface area contributed by atoms with E-state index in [0.29, 0.717) is 5.75 Å². The lowest BCUT2D eigenvalue weighted by Gasteiger charge is -2.10. The Kier molecular flexibility index (Phi) is 3.84. The molecule has 0 aromatic heterocycles. The number of benzene rings is 2. The molecular weight excluding hydrogens is 276 g/mol. The molecule has 0 fully saturated rings. The Morgan fingerprint density at radius 2 is 1.67 bits per heavy atom. The second kappa shape index (κ2) is 5.58. The molecule has 0 amide bonds. The normalized spacial score (nSPS) is 10.2. The highest BCUT2D eigenvalue weighted by Crippen LogP contribution is 2.35. The quantitative estimate of drug-likeness (QED) is 0.627. The van der Waals surface area contributed by atoms with Gasteiger partial charge in [-0.05, 0) is 37.1 Å². The van der Waals surface area contributed by atoms with Crippen molar-refractivity contribution in [2.24, 2.45) is 0 Å². The Labute approximate surface area is 120 Å². The Bertz CT molecular complexity index is 727. The van der Waals surface area contributed by atoms with E-state index in [4.69, 9.17) is 4.74 Å². The zero-order valence-corrected chi connectivity index (χ0v) is 11.4. The summed E-state index contributed by atoms with van der Waals surface area (Å²) >= 11 is 0. The third-order valence-electron chi connectivity index (χ3n) is 3.12. The van der Waals surface area contributed by atoms with Gasteiger partial charge < -0.3 is 4.74 Å². The lowest BCUT2D eigenvalue weighted by atomic mass is 10.1. The van der Waals surface area contributed by atoms with Crippen molar-refractivity contribution in [3.8, 4) is 11.5 Å². The Hall–Kier alpha value is -2.96. The highest BCUT2D eigenvalue weighted by Gasteiger charge is 2.21. The molecule has 21 heavy (non-hydrogen) atoms. The molecule has 2 rings (SSSR count). The summed E-state index contributed by atoms with van der Waals surface area (Å²) < 4.78 is 5.55.